The van der Waals surface area contributed by atoms with Crippen LogP contribution in [0.3, 0.4) is 0 Å². The van der Waals surface area contributed by atoms with Gasteiger partial charge < -0.3 is 10.6 Å². The number of aryl methyl sites for hydroxylation is 1. The van der Waals surface area contributed by atoms with Crippen LogP contribution < -0.4 is 10.6 Å². The number of amides is 1. The van der Waals surface area contributed by atoms with E-state index in [1.165, 1.54) is 6.20 Å². The standard InChI is InChI=1S/C21H22N4O/c1-3-16-9-7-8-12-18(16)25-21(26)19-13-23-20(14-22-19)24-15(2)17-10-5-4-6-11-17/h4-15H,3H2,1-2H3,(H,23,24)(H,25,26). The minimum absolute atomic E-state index is 0.0987. The summed E-state index contributed by atoms with van der Waals surface area (Å²) in [5, 5.41) is 6.19. The van der Waals surface area contributed by atoms with Crippen molar-refractivity contribution in [2.24, 2.45) is 0 Å². The van der Waals surface area contributed by atoms with Crippen molar-refractivity contribution < 1.29 is 4.79 Å². The number of carbonyl (C=O) groups excluding carboxylic acids is 1. The zero-order valence-corrected chi connectivity index (χ0v) is 14.9. The first-order valence-electron chi connectivity index (χ1n) is 8.70. The molecular weight excluding hydrogens is 324 g/mol. The van der Waals surface area contributed by atoms with Gasteiger partial charge in [0.15, 0.2) is 0 Å². The molecule has 0 spiro atoms. The molecule has 2 N–H and O–H groups in total. The SMILES string of the molecule is CCc1ccccc1NC(=O)c1cnc(NC(C)c2ccccc2)cn1. The van der Waals surface area contributed by atoms with Gasteiger partial charge in [-0.1, -0.05) is 55.5 Å². The Morgan fingerprint density at radius 1 is 1.00 bits per heavy atom. The third-order valence-corrected chi connectivity index (χ3v) is 4.19. The number of carbonyl (C=O) groups is 1. The molecule has 2 aromatic carbocycles. The molecule has 3 aromatic rings. The van der Waals surface area contributed by atoms with E-state index in [2.05, 4.69) is 46.6 Å². The molecule has 0 saturated carbocycles. The summed E-state index contributed by atoms with van der Waals surface area (Å²) in [6.07, 6.45) is 3.92. The Bertz CT molecular complexity index is 863. The molecule has 0 aliphatic rings. The van der Waals surface area contributed by atoms with E-state index in [1.54, 1.807) is 6.20 Å². The molecule has 132 valence electrons. The van der Waals surface area contributed by atoms with Crippen LogP contribution in [-0.2, 0) is 6.42 Å². The Morgan fingerprint density at radius 3 is 2.42 bits per heavy atom. The van der Waals surface area contributed by atoms with Crippen LogP contribution in [0, 0.1) is 0 Å². The second-order valence-corrected chi connectivity index (χ2v) is 6.03. The number of nitrogens with zero attached hydrogens (tertiary/aromatic N) is 2. The molecule has 1 aromatic heterocycles. The highest BCUT2D eigenvalue weighted by atomic mass is 16.1. The van der Waals surface area contributed by atoms with Crippen LogP contribution in [0.15, 0.2) is 67.0 Å². The van der Waals surface area contributed by atoms with Gasteiger partial charge in [-0.3, -0.25) is 4.79 Å². The van der Waals surface area contributed by atoms with E-state index in [0.717, 1.165) is 23.2 Å². The molecule has 0 radical (unpaired) electrons. The molecule has 1 heterocycles. The molecule has 1 unspecified atom stereocenters. The van der Waals surface area contributed by atoms with Crippen molar-refractivity contribution in [1.82, 2.24) is 9.97 Å². The van der Waals surface area contributed by atoms with Crippen LogP contribution >= 0.6 is 0 Å². The van der Waals surface area contributed by atoms with Crippen LogP contribution in [0.4, 0.5) is 11.5 Å². The average Bonchev–Trinajstić information content (AvgIpc) is 2.69. The summed E-state index contributed by atoms with van der Waals surface area (Å²) in [6.45, 7) is 4.11. The smallest absolute Gasteiger partial charge is 0.275 e. The first-order chi connectivity index (χ1) is 12.7. The van der Waals surface area contributed by atoms with Crippen LogP contribution in [0.5, 0.6) is 0 Å². The fraction of sp³-hybridized carbons (Fsp3) is 0.190. The van der Waals surface area contributed by atoms with Crippen LogP contribution in [0.2, 0.25) is 0 Å². The number of aromatic nitrogens is 2. The summed E-state index contributed by atoms with van der Waals surface area (Å²) >= 11 is 0. The second-order valence-electron chi connectivity index (χ2n) is 6.03. The number of hydrogen-bond donors (Lipinski definition) is 2. The van der Waals surface area contributed by atoms with Crippen molar-refractivity contribution >= 4 is 17.4 Å². The first kappa shape index (κ1) is 17.6. The van der Waals surface area contributed by atoms with Gasteiger partial charge in [-0.2, -0.15) is 0 Å². The van der Waals surface area contributed by atoms with Gasteiger partial charge in [-0.25, -0.2) is 9.97 Å². The Kier molecular flexibility index (Phi) is 5.59. The topological polar surface area (TPSA) is 66.9 Å². The predicted octanol–water partition coefficient (Wildman–Crippen LogP) is 4.46. The molecule has 1 atom stereocenters. The number of rotatable bonds is 6. The Morgan fingerprint density at radius 2 is 1.73 bits per heavy atom. The van der Waals surface area contributed by atoms with E-state index >= 15 is 0 Å². The molecular formula is C21H22N4O. The molecule has 5 nitrogen and oxygen atoms in total. The summed E-state index contributed by atoms with van der Waals surface area (Å²) < 4.78 is 0. The van der Waals surface area contributed by atoms with Crippen LogP contribution in [0.25, 0.3) is 0 Å². The van der Waals surface area contributed by atoms with Crippen molar-refractivity contribution in [3.05, 3.63) is 83.8 Å². The van der Waals surface area contributed by atoms with E-state index in [0.29, 0.717) is 5.82 Å². The van der Waals surface area contributed by atoms with Crippen molar-refractivity contribution in [2.75, 3.05) is 10.6 Å². The van der Waals surface area contributed by atoms with Gasteiger partial charge in [0.2, 0.25) is 0 Å². The molecule has 5 heteroatoms. The lowest BCUT2D eigenvalue weighted by atomic mass is 10.1. The number of benzene rings is 2. The van der Waals surface area contributed by atoms with E-state index in [-0.39, 0.29) is 17.6 Å². The molecule has 0 fully saturated rings. The molecule has 0 bridgehead atoms. The summed E-state index contributed by atoms with van der Waals surface area (Å²) in [5.74, 6) is 0.368. The summed E-state index contributed by atoms with van der Waals surface area (Å²) in [7, 11) is 0. The highest BCUT2D eigenvalue weighted by molar-refractivity contribution is 6.03. The van der Waals surface area contributed by atoms with E-state index < -0.39 is 0 Å². The lowest BCUT2D eigenvalue weighted by molar-refractivity contribution is 0.102. The van der Waals surface area contributed by atoms with Gasteiger partial charge in [-0.05, 0) is 30.5 Å². The minimum Gasteiger partial charge on any atom is -0.362 e. The third kappa shape index (κ3) is 4.25. The zero-order chi connectivity index (χ0) is 18.4. The minimum atomic E-state index is -0.263. The molecule has 26 heavy (non-hydrogen) atoms. The maximum Gasteiger partial charge on any atom is 0.275 e. The maximum absolute atomic E-state index is 12.4. The normalized spacial score (nSPS) is 11.6. The van der Waals surface area contributed by atoms with E-state index in [1.807, 2.05) is 42.5 Å². The van der Waals surface area contributed by atoms with Crippen LogP contribution in [-0.4, -0.2) is 15.9 Å². The number of nitrogens with one attached hydrogen (secondary N) is 2. The maximum atomic E-state index is 12.4. The Labute approximate surface area is 153 Å². The van der Waals surface area contributed by atoms with Crippen molar-refractivity contribution in [3.8, 4) is 0 Å². The Balaban J connectivity index is 1.66. The van der Waals surface area contributed by atoms with Gasteiger partial charge in [0.25, 0.3) is 5.91 Å². The van der Waals surface area contributed by atoms with Gasteiger partial charge in [0.1, 0.15) is 11.5 Å². The Hall–Kier alpha value is -3.21. The number of para-hydroxylation sites is 1. The first-order valence-corrected chi connectivity index (χ1v) is 8.70. The summed E-state index contributed by atoms with van der Waals surface area (Å²) in [6, 6.07) is 17.9. The molecule has 0 aliphatic heterocycles. The van der Waals surface area contributed by atoms with E-state index in [4.69, 9.17) is 0 Å². The van der Waals surface area contributed by atoms with Crippen molar-refractivity contribution in [2.45, 2.75) is 26.3 Å². The fourth-order valence-corrected chi connectivity index (χ4v) is 2.70. The van der Waals surface area contributed by atoms with Gasteiger partial charge in [0.05, 0.1) is 12.4 Å². The molecule has 0 saturated heterocycles. The lowest BCUT2D eigenvalue weighted by Crippen LogP contribution is -2.16. The monoisotopic (exact) mass is 346 g/mol. The highest BCUT2D eigenvalue weighted by Crippen LogP contribution is 2.18. The largest absolute Gasteiger partial charge is 0.362 e. The summed E-state index contributed by atoms with van der Waals surface area (Å²) in [4.78, 5) is 21.0. The highest BCUT2D eigenvalue weighted by Gasteiger charge is 2.11. The third-order valence-electron chi connectivity index (χ3n) is 4.19. The van der Waals surface area contributed by atoms with Gasteiger partial charge >= 0.3 is 0 Å². The zero-order valence-electron chi connectivity index (χ0n) is 14.9. The lowest BCUT2D eigenvalue weighted by Gasteiger charge is -2.14. The predicted molar refractivity (Wildman–Crippen MR) is 104 cm³/mol. The number of anilines is 2. The van der Waals surface area contributed by atoms with Gasteiger partial charge in [0, 0.05) is 11.7 Å². The van der Waals surface area contributed by atoms with Crippen molar-refractivity contribution in [3.63, 3.8) is 0 Å². The molecule has 1 amide bonds. The molecule has 3 rings (SSSR count). The quantitative estimate of drug-likeness (QED) is 0.691. The second kappa shape index (κ2) is 8.25. The number of hydrogen-bond acceptors (Lipinski definition) is 4. The van der Waals surface area contributed by atoms with Crippen molar-refractivity contribution in [1.29, 1.82) is 0 Å². The average molecular weight is 346 g/mol. The van der Waals surface area contributed by atoms with Gasteiger partial charge in [-0.15, -0.1) is 0 Å². The van der Waals surface area contributed by atoms with Crippen LogP contribution in [0.1, 0.15) is 41.5 Å². The molecule has 0 aliphatic carbocycles. The fourth-order valence-electron chi connectivity index (χ4n) is 2.70. The van der Waals surface area contributed by atoms with E-state index in [9.17, 15) is 4.79 Å². The summed E-state index contributed by atoms with van der Waals surface area (Å²) in [5.41, 5.74) is 3.34.